The van der Waals surface area contributed by atoms with Gasteiger partial charge in [0.1, 0.15) is 5.78 Å². The molecule has 78 valence electrons. The van der Waals surface area contributed by atoms with Gasteiger partial charge in [-0.25, -0.2) is 0 Å². The smallest absolute Gasteiger partial charge is 0.135 e. The van der Waals surface area contributed by atoms with Gasteiger partial charge in [-0.3, -0.25) is 4.79 Å². The topological polar surface area (TPSA) is 17.1 Å². The quantitative estimate of drug-likeness (QED) is 0.615. The van der Waals surface area contributed by atoms with E-state index in [9.17, 15) is 4.79 Å². The minimum absolute atomic E-state index is 0.243. The standard InChI is InChI=1S/C12H24O/c1-9(2)7-6-8-12(13)11(5)10(3)4/h9-11H,6-8H2,1-5H3. The van der Waals surface area contributed by atoms with Crippen LogP contribution in [0.5, 0.6) is 0 Å². The number of carbonyl (C=O) groups is 1. The molecule has 1 nitrogen and oxygen atoms in total. The third-order valence-electron chi connectivity index (χ3n) is 2.71. The van der Waals surface area contributed by atoms with Crippen molar-refractivity contribution in [2.45, 2.75) is 53.9 Å². The Labute approximate surface area is 82.9 Å². The molecule has 0 aliphatic carbocycles. The lowest BCUT2D eigenvalue weighted by molar-refractivity contribution is -0.123. The van der Waals surface area contributed by atoms with Crippen molar-refractivity contribution in [2.24, 2.45) is 17.8 Å². The molecule has 1 unspecified atom stereocenters. The number of hydrogen-bond acceptors (Lipinski definition) is 1. The summed E-state index contributed by atoms with van der Waals surface area (Å²) in [4.78, 5) is 11.6. The van der Waals surface area contributed by atoms with Crippen LogP contribution in [0.1, 0.15) is 53.9 Å². The molecular weight excluding hydrogens is 160 g/mol. The monoisotopic (exact) mass is 184 g/mol. The van der Waals surface area contributed by atoms with E-state index in [0.717, 1.165) is 18.8 Å². The van der Waals surface area contributed by atoms with Crippen LogP contribution in [0.2, 0.25) is 0 Å². The van der Waals surface area contributed by atoms with Gasteiger partial charge in [-0.2, -0.15) is 0 Å². The van der Waals surface area contributed by atoms with Crippen LogP contribution in [0.25, 0.3) is 0 Å². The van der Waals surface area contributed by atoms with Gasteiger partial charge >= 0.3 is 0 Å². The van der Waals surface area contributed by atoms with Crippen LogP contribution in [0, 0.1) is 17.8 Å². The van der Waals surface area contributed by atoms with Gasteiger partial charge in [0.05, 0.1) is 0 Å². The molecule has 0 bridgehead atoms. The van der Waals surface area contributed by atoms with Crippen molar-refractivity contribution in [1.29, 1.82) is 0 Å². The molecule has 0 heterocycles. The Morgan fingerprint density at radius 3 is 2.00 bits per heavy atom. The Morgan fingerprint density at radius 2 is 1.62 bits per heavy atom. The largest absolute Gasteiger partial charge is 0.299 e. The van der Waals surface area contributed by atoms with Crippen LogP contribution in [0.3, 0.4) is 0 Å². The van der Waals surface area contributed by atoms with E-state index in [0.29, 0.717) is 11.7 Å². The van der Waals surface area contributed by atoms with Crippen molar-refractivity contribution in [3.63, 3.8) is 0 Å². The van der Waals surface area contributed by atoms with Crippen LogP contribution in [0.15, 0.2) is 0 Å². The van der Waals surface area contributed by atoms with Crippen LogP contribution in [-0.4, -0.2) is 5.78 Å². The Morgan fingerprint density at radius 1 is 1.08 bits per heavy atom. The predicted molar refractivity (Wildman–Crippen MR) is 57.7 cm³/mol. The number of carbonyl (C=O) groups excluding carboxylic acids is 1. The molecule has 0 saturated carbocycles. The lowest BCUT2D eigenvalue weighted by Gasteiger charge is -2.14. The summed E-state index contributed by atoms with van der Waals surface area (Å²) in [5.74, 6) is 1.90. The molecule has 1 atom stereocenters. The average molecular weight is 184 g/mol. The molecule has 0 aliphatic heterocycles. The van der Waals surface area contributed by atoms with Crippen molar-refractivity contribution < 1.29 is 4.79 Å². The van der Waals surface area contributed by atoms with Gasteiger partial charge in [0.15, 0.2) is 0 Å². The van der Waals surface area contributed by atoms with Gasteiger partial charge in [0, 0.05) is 12.3 Å². The molecule has 0 saturated heterocycles. The summed E-state index contributed by atoms with van der Waals surface area (Å²) in [6.07, 6.45) is 3.02. The van der Waals surface area contributed by atoms with Crippen LogP contribution >= 0.6 is 0 Å². The van der Waals surface area contributed by atoms with Crippen molar-refractivity contribution in [3.8, 4) is 0 Å². The maximum Gasteiger partial charge on any atom is 0.135 e. The molecule has 0 aliphatic rings. The Balaban J connectivity index is 3.62. The molecule has 0 aromatic carbocycles. The SMILES string of the molecule is CC(C)CCCC(=O)C(C)C(C)C. The Hall–Kier alpha value is -0.330. The summed E-state index contributed by atoms with van der Waals surface area (Å²) < 4.78 is 0. The van der Waals surface area contributed by atoms with Gasteiger partial charge in [0.2, 0.25) is 0 Å². The normalized spacial score (nSPS) is 13.8. The molecule has 0 radical (unpaired) electrons. The molecule has 0 fully saturated rings. The molecule has 13 heavy (non-hydrogen) atoms. The highest BCUT2D eigenvalue weighted by atomic mass is 16.1. The lowest BCUT2D eigenvalue weighted by atomic mass is 9.90. The second kappa shape index (κ2) is 6.17. The fraction of sp³-hybridized carbons (Fsp3) is 0.917. The summed E-state index contributed by atoms with van der Waals surface area (Å²) in [7, 11) is 0. The van der Waals surface area contributed by atoms with Gasteiger partial charge in [-0.15, -0.1) is 0 Å². The zero-order chi connectivity index (χ0) is 10.4. The van der Waals surface area contributed by atoms with E-state index in [1.165, 1.54) is 6.42 Å². The maximum atomic E-state index is 11.6. The van der Waals surface area contributed by atoms with E-state index >= 15 is 0 Å². The van der Waals surface area contributed by atoms with Gasteiger partial charge in [-0.1, -0.05) is 41.0 Å². The summed E-state index contributed by atoms with van der Waals surface area (Å²) in [6, 6.07) is 0. The van der Waals surface area contributed by atoms with Crippen molar-refractivity contribution in [3.05, 3.63) is 0 Å². The van der Waals surface area contributed by atoms with Crippen LogP contribution in [-0.2, 0) is 4.79 Å². The fourth-order valence-electron chi connectivity index (χ4n) is 1.28. The number of Topliss-reactive ketones (excluding diaryl/α,β-unsaturated/α-hetero) is 1. The fourth-order valence-corrected chi connectivity index (χ4v) is 1.28. The molecule has 0 N–H and O–H groups in total. The summed E-state index contributed by atoms with van der Waals surface area (Å²) in [6.45, 7) is 10.7. The van der Waals surface area contributed by atoms with E-state index < -0.39 is 0 Å². The van der Waals surface area contributed by atoms with E-state index in [1.54, 1.807) is 0 Å². The summed E-state index contributed by atoms with van der Waals surface area (Å²) in [5, 5.41) is 0. The molecule has 0 aromatic rings. The van der Waals surface area contributed by atoms with E-state index in [4.69, 9.17) is 0 Å². The Bertz CT molecular complexity index is 147. The molecule has 0 aromatic heterocycles. The first kappa shape index (κ1) is 12.7. The second-order valence-electron chi connectivity index (χ2n) is 4.79. The highest BCUT2D eigenvalue weighted by molar-refractivity contribution is 5.80. The molecule has 0 spiro atoms. The van der Waals surface area contributed by atoms with Crippen molar-refractivity contribution >= 4 is 5.78 Å². The molecule has 0 amide bonds. The maximum absolute atomic E-state index is 11.6. The van der Waals surface area contributed by atoms with E-state index in [1.807, 2.05) is 6.92 Å². The number of rotatable bonds is 6. The first-order valence-corrected chi connectivity index (χ1v) is 5.47. The predicted octanol–water partition coefficient (Wildman–Crippen LogP) is 3.67. The lowest BCUT2D eigenvalue weighted by Crippen LogP contribution is -2.16. The second-order valence-corrected chi connectivity index (χ2v) is 4.79. The minimum Gasteiger partial charge on any atom is -0.299 e. The number of ketones is 1. The zero-order valence-corrected chi connectivity index (χ0v) is 9.76. The van der Waals surface area contributed by atoms with Crippen molar-refractivity contribution in [2.75, 3.05) is 0 Å². The molecular formula is C12H24O. The van der Waals surface area contributed by atoms with Crippen LogP contribution in [0.4, 0.5) is 0 Å². The number of hydrogen-bond donors (Lipinski definition) is 0. The molecule has 1 heteroatoms. The van der Waals surface area contributed by atoms with Gasteiger partial charge in [-0.05, 0) is 18.3 Å². The van der Waals surface area contributed by atoms with Crippen LogP contribution < -0.4 is 0 Å². The Kier molecular flexibility index (Phi) is 6.02. The highest BCUT2D eigenvalue weighted by Gasteiger charge is 2.15. The highest BCUT2D eigenvalue weighted by Crippen LogP contribution is 2.15. The third kappa shape index (κ3) is 5.84. The average Bonchev–Trinajstić information content (AvgIpc) is 2.02. The van der Waals surface area contributed by atoms with Gasteiger partial charge in [0.25, 0.3) is 0 Å². The molecule has 0 rings (SSSR count). The zero-order valence-electron chi connectivity index (χ0n) is 9.76. The summed E-state index contributed by atoms with van der Waals surface area (Å²) in [5.41, 5.74) is 0. The first-order chi connectivity index (χ1) is 5.95. The minimum atomic E-state index is 0.243. The first-order valence-electron chi connectivity index (χ1n) is 5.47. The van der Waals surface area contributed by atoms with E-state index in [-0.39, 0.29) is 5.92 Å². The van der Waals surface area contributed by atoms with Gasteiger partial charge < -0.3 is 0 Å². The third-order valence-corrected chi connectivity index (χ3v) is 2.71. The van der Waals surface area contributed by atoms with Crippen molar-refractivity contribution in [1.82, 2.24) is 0 Å². The summed E-state index contributed by atoms with van der Waals surface area (Å²) >= 11 is 0. The van der Waals surface area contributed by atoms with E-state index in [2.05, 4.69) is 27.7 Å².